The van der Waals surface area contributed by atoms with Crippen molar-refractivity contribution in [2.75, 3.05) is 0 Å². The van der Waals surface area contributed by atoms with E-state index >= 15 is 4.39 Å². The fourth-order valence-corrected chi connectivity index (χ4v) is 4.66. The second kappa shape index (κ2) is 13.1. The minimum absolute atomic E-state index is 0.109. The van der Waals surface area contributed by atoms with Gasteiger partial charge in [-0.15, -0.1) is 0 Å². The molecule has 0 heterocycles. The predicted octanol–water partition coefficient (Wildman–Crippen LogP) is 9.24. The number of unbranched alkanes of at least 4 members (excludes halogenated alkanes) is 4. The van der Waals surface area contributed by atoms with Gasteiger partial charge in [-0.25, -0.2) is 4.39 Å². The first kappa shape index (κ1) is 25.7. The molecule has 0 N–H and O–H groups in total. The molecule has 0 spiro atoms. The summed E-state index contributed by atoms with van der Waals surface area (Å²) in [5, 5.41) is 1.57. The number of aryl methyl sites for hydroxylation is 4. The van der Waals surface area contributed by atoms with Crippen LogP contribution in [0.1, 0.15) is 79.3 Å². The molecule has 0 amide bonds. The molecule has 4 aromatic carbocycles. The molecule has 0 aliphatic heterocycles. The second-order valence-electron chi connectivity index (χ2n) is 9.76. The Balaban J connectivity index is 1.38. The maximum Gasteiger partial charge on any atom is 0.134 e. The van der Waals surface area contributed by atoms with Crippen molar-refractivity contribution in [3.63, 3.8) is 0 Å². The normalized spacial score (nSPS) is 10.9. The summed E-state index contributed by atoms with van der Waals surface area (Å²) < 4.78 is 15.2. The molecule has 184 valence electrons. The van der Waals surface area contributed by atoms with Crippen LogP contribution in [0.2, 0.25) is 0 Å². The summed E-state index contributed by atoms with van der Waals surface area (Å²) in [7, 11) is 0. The topological polar surface area (TPSA) is 0 Å². The Morgan fingerprint density at radius 1 is 0.583 bits per heavy atom. The van der Waals surface area contributed by atoms with E-state index in [-0.39, 0.29) is 5.82 Å². The highest BCUT2D eigenvalue weighted by atomic mass is 19.1. The van der Waals surface area contributed by atoms with Crippen molar-refractivity contribution in [2.45, 2.75) is 71.6 Å². The maximum atomic E-state index is 15.2. The molecule has 0 radical (unpaired) electrons. The van der Waals surface area contributed by atoms with Crippen LogP contribution in [-0.4, -0.2) is 0 Å². The Kier molecular flexibility index (Phi) is 9.34. The molecule has 0 bridgehead atoms. The van der Waals surface area contributed by atoms with Gasteiger partial charge < -0.3 is 0 Å². The zero-order valence-corrected chi connectivity index (χ0v) is 21.7. The lowest BCUT2D eigenvalue weighted by molar-refractivity contribution is 0.620. The number of hydrogen-bond acceptors (Lipinski definition) is 0. The molecule has 0 unspecified atom stereocenters. The van der Waals surface area contributed by atoms with Gasteiger partial charge >= 0.3 is 0 Å². The van der Waals surface area contributed by atoms with Crippen molar-refractivity contribution in [3.8, 4) is 11.8 Å². The van der Waals surface area contributed by atoms with Crippen LogP contribution < -0.4 is 0 Å². The van der Waals surface area contributed by atoms with Gasteiger partial charge in [0.05, 0.1) is 0 Å². The minimum atomic E-state index is -0.109. The van der Waals surface area contributed by atoms with E-state index in [1.54, 1.807) is 0 Å². The van der Waals surface area contributed by atoms with Crippen LogP contribution in [-0.2, 0) is 25.7 Å². The molecule has 0 aromatic heterocycles. The molecule has 0 saturated heterocycles. The Labute approximate surface area is 216 Å². The van der Waals surface area contributed by atoms with Gasteiger partial charge in [-0.3, -0.25) is 0 Å². The average molecular weight is 477 g/mol. The maximum absolute atomic E-state index is 15.2. The van der Waals surface area contributed by atoms with E-state index in [0.29, 0.717) is 11.8 Å². The summed E-state index contributed by atoms with van der Waals surface area (Å²) in [6, 6.07) is 27.0. The van der Waals surface area contributed by atoms with E-state index < -0.39 is 0 Å². The summed E-state index contributed by atoms with van der Waals surface area (Å²) in [6.07, 6.45) is 10.2. The van der Waals surface area contributed by atoms with Crippen molar-refractivity contribution in [3.05, 3.63) is 118 Å². The fraction of sp³-hybridized carbons (Fsp3) is 0.314. The summed E-state index contributed by atoms with van der Waals surface area (Å²) in [6.45, 7) is 4.41. The summed E-state index contributed by atoms with van der Waals surface area (Å²) in [5.74, 6) is 6.41. The van der Waals surface area contributed by atoms with Gasteiger partial charge in [-0.1, -0.05) is 106 Å². The van der Waals surface area contributed by atoms with E-state index in [9.17, 15) is 0 Å². The number of halogens is 1. The zero-order chi connectivity index (χ0) is 25.2. The van der Waals surface area contributed by atoms with Crippen molar-refractivity contribution < 1.29 is 4.39 Å². The van der Waals surface area contributed by atoms with E-state index in [4.69, 9.17) is 0 Å². The Morgan fingerprint density at radius 2 is 1.22 bits per heavy atom. The highest BCUT2D eigenvalue weighted by molar-refractivity contribution is 5.85. The molecule has 4 rings (SSSR count). The minimum Gasteiger partial charge on any atom is -0.206 e. The molecule has 1 heteroatoms. The SMILES string of the molecule is CCCCCCCc1ccc(C#Cc2ccc3c(F)c(CCc4ccc(CC)cc4)ccc3c2)cc1. The van der Waals surface area contributed by atoms with Crippen LogP contribution >= 0.6 is 0 Å². The number of hydrogen-bond donors (Lipinski definition) is 0. The van der Waals surface area contributed by atoms with Gasteiger partial charge in [-0.05, 0) is 84.0 Å². The molecular formula is C35H37F. The van der Waals surface area contributed by atoms with Crippen molar-refractivity contribution in [1.29, 1.82) is 0 Å². The molecule has 0 nitrogen and oxygen atoms in total. The van der Waals surface area contributed by atoms with Crippen LogP contribution in [0.15, 0.2) is 78.9 Å². The molecule has 4 aromatic rings. The van der Waals surface area contributed by atoms with Crippen LogP contribution in [0.25, 0.3) is 10.8 Å². The first-order chi connectivity index (χ1) is 17.7. The lowest BCUT2D eigenvalue weighted by atomic mass is 9.98. The Morgan fingerprint density at radius 3 is 1.97 bits per heavy atom. The van der Waals surface area contributed by atoms with Gasteiger partial charge in [0.2, 0.25) is 0 Å². The molecule has 0 fully saturated rings. The quantitative estimate of drug-likeness (QED) is 0.158. The smallest absolute Gasteiger partial charge is 0.134 e. The molecule has 36 heavy (non-hydrogen) atoms. The van der Waals surface area contributed by atoms with E-state index in [2.05, 4.69) is 74.2 Å². The number of rotatable bonds is 10. The third-order valence-corrected chi connectivity index (χ3v) is 7.02. The van der Waals surface area contributed by atoms with Crippen LogP contribution in [0, 0.1) is 17.7 Å². The van der Waals surface area contributed by atoms with E-state index in [1.807, 2.05) is 30.3 Å². The molecule has 0 aliphatic rings. The molecule has 0 atom stereocenters. The monoisotopic (exact) mass is 476 g/mol. The third kappa shape index (κ3) is 7.08. The van der Waals surface area contributed by atoms with E-state index in [0.717, 1.165) is 41.3 Å². The highest BCUT2D eigenvalue weighted by Crippen LogP contribution is 2.24. The first-order valence-electron chi connectivity index (χ1n) is 13.6. The Bertz CT molecular complexity index is 1320. The fourth-order valence-electron chi connectivity index (χ4n) is 4.66. The number of fused-ring (bicyclic) bond motifs is 1. The predicted molar refractivity (Wildman–Crippen MR) is 152 cm³/mol. The lowest BCUT2D eigenvalue weighted by Crippen LogP contribution is -1.96. The van der Waals surface area contributed by atoms with Gasteiger partial charge in [0, 0.05) is 16.5 Å². The van der Waals surface area contributed by atoms with Gasteiger partial charge in [0.1, 0.15) is 5.82 Å². The third-order valence-electron chi connectivity index (χ3n) is 7.02. The summed E-state index contributed by atoms with van der Waals surface area (Å²) >= 11 is 0. The Hall–Kier alpha value is -3.37. The molecular weight excluding hydrogens is 439 g/mol. The van der Waals surface area contributed by atoms with Crippen molar-refractivity contribution >= 4 is 10.8 Å². The van der Waals surface area contributed by atoms with Crippen molar-refractivity contribution in [1.82, 2.24) is 0 Å². The van der Waals surface area contributed by atoms with Crippen LogP contribution in [0.3, 0.4) is 0 Å². The summed E-state index contributed by atoms with van der Waals surface area (Å²) in [4.78, 5) is 0. The van der Waals surface area contributed by atoms with Gasteiger partial charge in [0.25, 0.3) is 0 Å². The molecule has 0 saturated carbocycles. The van der Waals surface area contributed by atoms with E-state index in [1.165, 1.54) is 48.8 Å². The van der Waals surface area contributed by atoms with Crippen LogP contribution in [0.5, 0.6) is 0 Å². The van der Waals surface area contributed by atoms with Crippen LogP contribution in [0.4, 0.5) is 4.39 Å². The summed E-state index contributed by atoms with van der Waals surface area (Å²) in [5.41, 5.74) is 6.65. The highest BCUT2D eigenvalue weighted by Gasteiger charge is 2.08. The van der Waals surface area contributed by atoms with Gasteiger partial charge in [0.15, 0.2) is 0 Å². The standard InChI is InChI=1S/C35H37F/c1-3-5-6-7-8-9-28-14-16-29(17-15-28)18-19-31-21-25-34-33(26-31)24-23-32(35(34)36)22-20-30-12-10-27(4-2)11-13-30/h10-17,21,23-26H,3-9,20,22H2,1-2H3. The molecule has 0 aliphatic carbocycles. The number of benzene rings is 4. The van der Waals surface area contributed by atoms with Crippen molar-refractivity contribution in [2.24, 2.45) is 0 Å². The largest absolute Gasteiger partial charge is 0.206 e. The first-order valence-corrected chi connectivity index (χ1v) is 13.6. The average Bonchev–Trinajstić information content (AvgIpc) is 2.92. The second-order valence-corrected chi connectivity index (χ2v) is 9.76. The van der Waals surface area contributed by atoms with Gasteiger partial charge in [-0.2, -0.15) is 0 Å². The lowest BCUT2D eigenvalue weighted by Gasteiger charge is -2.08. The zero-order valence-electron chi connectivity index (χ0n) is 21.7.